The Morgan fingerprint density at radius 2 is 1.77 bits per heavy atom. The van der Waals surface area contributed by atoms with Gasteiger partial charge in [0.2, 0.25) is 5.95 Å². The summed E-state index contributed by atoms with van der Waals surface area (Å²) < 4.78 is 40.6. The van der Waals surface area contributed by atoms with Gasteiger partial charge < -0.3 is 10.6 Å². The normalized spacial score (nSPS) is 11.4. The molecule has 0 unspecified atom stereocenters. The molecule has 0 spiro atoms. The second-order valence-electron chi connectivity index (χ2n) is 7.18. The molecule has 0 bridgehead atoms. The van der Waals surface area contributed by atoms with Gasteiger partial charge >= 0.3 is 6.18 Å². The predicted molar refractivity (Wildman–Crippen MR) is 114 cm³/mol. The molecule has 0 aliphatic carbocycles. The molecule has 1 aromatic heterocycles. The lowest BCUT2D eigenvalue weighted by molar-refractivity contribution is -0.137. The summed E-state index contributed by atoms with van der Waals surface area (Å²) in [6, 6.07) is 14.9. The van der Waals surface area contributed by atoms with Crippen molar-refractivity contribution >= 4 is 23.1 Å². The molecule has 3 aromatic rings. The molecule has 0 radical (unpaired) electrons. The van der Waals surface area contributed by atoms with Crippen LogP contribution in [0.2, 0.25) is 0 Å². The van der Waals surface area contributed by atoms with Gasteiger partial charge in [-0.15, -0.1) is 0 Å². The molecule has 1 heterocycles. The minimum atomic E-state index is -4.57. The van der Waals surface area contributed by atoms with Crippen LogP contribution in [0.4, 0.5) is 36.3 Å². The first-order valence-corrected chi connectivity index (χ1v) is 9.99. The van der Waals surface area contributed by atoms with Crippen LogP contribution in [-0.2, 0) is 12.6 Å². The van der Waals surface area contributed by atoms with Crippen molar-refractivity contribution in [3.05, 3.63) is 71.4 Å². The quantitative estimate of drug-likeness (QED) is 0.389. The highest BCUT2D eigenvalue weighted by atomic mass is 19.4. The molecule has 0 atom stereocenters. The van der Waals surface area contributed by atoms with Gasteiger partial charge in [0.05, 0.1) is 0 Å². The average Bonchev–Trinajstić information content (AvgIpc) is 2.70. The molecule has 4 nitrogen and oxygen atoms in total. The van der Waals surface area contributed by atoms with Gasteiger partial charge in [-0.2, -0.15) is 18.2 Å². The van der Waals surface area contributed by atoms with Crippen molar-refractivity contribution < 1.29 is 13.2 Å². The van der Waals surface area contributed by atoms with Crippen LogP contribution >= 0.6 is 0 Å². The molecule has 0 fully saturated rings. The molecule has 3 rings (SSSR count). The van der Waals surface area contributed by atoms with Gasteiger partial charge in [-0.3, -0.25) is 0 Å². The molecular formula is C23H25F3N4. The SMILES string of the molecule is CCCCCc1cccc(Nc2nc(Nc3ccccc3C)ncc2C(F)(F)F)c1. The summed E-state index contributed by atoms with van der Waals surface area (Å²) in [5, 5.41) is 5.83. The molecule has 0 aliphatic heterocycles. The predicted octanol–water partition coefficient (Wildman–Crippen LogP) is 7.02. The zero-order valence-electron chi connectivity index (χ0n) is 17.1. The molecule has 0 aliphatic rings. The van der Waals surface area contributed by atoms with E-state index in [-0.39, 0.29) is 11.8 Å². The van der Waals surface area contributed by atoms with Gasteiger partial charge in [0.15, 0.2) is 0 Å². The van der Waals surface area contributed by atoms with Crippen molar-refractivity contribution in [2.75, 3.05) is 10.6 Å². The number of nitrogens with zero attached hydrogens (tertiary/aromatic N) is 2. The third-order valence-corrected chi connectivity index (χ3v) is 4.74. The largest absolute Gasteiger partial charge is 0.421 e. The number of hydrogen-bond donors (Lipinski definition) is 2. The van der Waals surface area contributed by atoms with Crippen LogP contribution in [0, 0.1) is 6.92 Å². The molecule has 2 aromatic carbocycles. The first-order chi connectivity index (χ1) is 14.4. The topological polar surface area (TPSA) is 49.8 Å². The van der Waals surface area contributed by atoms with Crippen molar-refractivity contribution in [2.24, 2.45) is 0 Å². The molecule has 158 valence electrons. The second-order valence-corrected chi connectivity index (χ2v) is 7.18. The number of aromatic nitrogens is 2. The number of hydrogen-bond acceptors (Lipinski definition) is 4. The van der Waals surface area contributed by atoms with Crippen molar-refractivity contribution in [1.82, 2.24) is 9.97 Å². The van der Waals surface area contributed by atoms with Crippen molar-refractivity contribution in [3.8, 4) is 0 Å². The lowest BCUT2D eigenvalue weighted by Crippen LogP contribution is -2.12. The van der Waals surface area contributed by atoms with Crippen molar-refractivity contribution in [3.63, 3.8) is 0 Å². The van der Waals surface area contributed by atoms with Gasteiger partial charge in [-0.05, 0) is 49.1 Å². The number of benzene rings is 2. The number of anilines is 4. The second kappa shape index (κ2) is 9.61. The van der Waals surface area contributed by atoms with Gasteiger partial charge in [-0.25, -0.2) is 4.98 Å². The van der Waals surface area contributed by atoms with E-state index in [1.54, 1.807) is 6.07 Å². The van der Waals surface area contributed by atoms with Gasteiger partial charge in [0.1, 0.15) is 11.4 Å². The van der Waals surface area contributed by atoms with Crippen molar-refractivity contribution in [2.45, 2.75) is 45.7 Å². The number of aryl methyl sites for hydroxylation is 2. The molecule has 0 saturated carbocycles. The summed E-state index contributed by atoms with van der Waals surface area (Å²) in [5.74, 6) is -0.182. The minimum Gasteiger partial charge on any atom is -0.340 e. The fraction of sp³-hybridized carbons (Fsp3) is 0.304. The number of nitrogens with one attached hydrogen (secondary N) is 2. The highest BCUT2D eigenvalue weighted by Gasteiger charge is 2.35. The van der Waals surface area contributed by atoms with Crippen LogP contribution < -0.4 is 10.6 Å². The molecule has 2 N–H and O–H groups in total. The zero-order valence-corrected chi connectivity index (χ0v) is 17.1. The van der Waals surface area contributed by atoms with Crippen LogP contribution in [0.25, 0.3) is 0 Å². The van der Waals surface area contributed by atoms with E-state index < -0.39 is 11.7 Å². The van der Waals surface area contributed by atoms with Gasteiger partial charge in [0.25, 0.3) is 0 Å². The lowest BCUT2D eigenvalue weighted by atomic mass is 10.1. The number of alkyl halides is 3. The number of para-hydroxylation sites is 1. The fourth-order valence-corrected chi connectivity index (χ4v) is 3.10. The molecule has 0 saturated heterocycles. The van der Waals surface area contributed by atoms with E-state index in [1.807, 2.05) is 49.4 Å². The summed E-state index contributed by atoms with van der Waals surface area (Å²) >= 11 is 0. The van der Waals surface area contributed by atoms with Gasteiger partial charge in [0, 0.05) is 17.6 Å². The van der Waals surface area contributed by atoms with Crippen LogP contribution in [-0.4, -0.2) is 9.97 Å². The Hall–Kier alpha value is -3.09. The highest BCUT2D eigenvalue weighted by molar-refractivity contribution is 5.64. The van der Waals surface area contributed by atoms with E-state index in [0.29, 0.717) is 5.69 Å². The van der Waals surface area contributed by atoms with Crippen LogP contribution in [0.5, 0.6) is 0 Å². The maximum Gasteiger partial charge on any atom is 0.421 e. The van der Waals surface area contributed by atoms with E-state index in [4.69, 9.17) is 0 Å². The van der Waals surface area contributed by atoms with E-state index in [2.05, 4.69) is 27.5 Å². The lowest BCUT2D eigenvalue weighted by Gasteiger charge is -2.16. The smallest absolute Gasteiger partial charge is 0.340 e. The minimum absolute atomic E-state index is 0.0962. The first kappa shape index (κ1) is 21.6. The first-order valence-electron chi connectivity index (χ1n) is 9.99. The number of halogens is 3. The third kappa shape index (κ3) is 5.72. The van der Waals surface area contributed by atoms with Crippen LogP contribution in [0.3, 0.4) is 0 Å². The number of unbranched alkanes of at least 4 members (excludes halogenated alkanes) is 2. The maximum absolute atomic E-state index is 13.5. The van der Waals surface area contributed by atoms with Crippen molar-refractivity contribution in [1.29, 1.82) is 0 Å². The zero-order chi connectivity index (χ0) is 21.6. The average molecular weight is 414 g/mol. The van der Waals surface area contributed by atoms with E-state index in [9.17, 15) is 13.2 Å². The standard InChI is InChI=1S/C23H25F3N4/c1-3-4-5-10-17-11-8-12-18(14-17)28-21-19(23(24,25)26)15-27-22(30-21)29-20-13-7-6-9-16(20)2/h6-9,11-15H,3-5,10H2,1-2H3,(H2,27,28,29,30). The summed E-state index contributed by atoms with van der Waals surface area (Å²) in [6.07, 6.45) is 0.411. The Bertz CT molecular complexity index is 986. The van der Waals surface area contributed by atoms with E-state index >= 15 is 0 Å². The van der Waals surface area contributed by atoms with Crippen LogP contribution in [0.15, 0.2) is 54.7 Å². The maximum atomic E-state index is 13.5. The summed E-state index contributed by atoms with van der Waals surface area (Å²) in [7, 11) is 0. The van der Waals surface area contributed by atoms with Crippen LogP contribution in [0.1, 0.15) is 42.9 Å². The molecular weight excluding hydrogens is 389 g/mol. The Morgan fingerprint density at radius 3 is 2.50 bits per heavy atom. The Kier molecular flexibility index (Phi) is 6.92. The third-order valence-electron chi connectivity index (χ3n) is 4.74. The summed E-state index contributed by atoms with van der Waals surface area (Å²) in [6.45, 7) is 4.03. The Morgan fingerprint density at radius 1 is 0.967 bits per heavy atom. The highest BCUT2D eigenvalue weighted by Crippen LogP contribution is 2.35. The van der Waals surface area contributed by atoms with E-state index in [1.165, 1.54) is 0 Å². The van der Waals surface area contributed by atoms with Gasteiger partial charge in [-0.1, -0.05) is 50.1 Å². The van der Waals surface area contributed by atoms with E-state index in [0.717, 1.165) is 48.7 Å². The molecule has 7 heteroatoms. The number of rotatable bonds is 8. The summed E-state index contributed by atoms with van der Waals surface area (Å²) in [5.41, 5.74) is 2.41. The summed E-state index contributed by atoms with van der Waals surface area (Å²) in [4.78, 5) is 7.99. The Balaban J connectivity index is 1.88. The Labute approximate surface area is 174 Å². The molecule has 0 amide bonds. The fourth-order valence-electron chi connectivity index (χ4n) is 3.10. The molecule has 30 heavy (non-hydrogen) atoms. The monoisotopic (exact) mass is 414 g/mol.